The van der Waals surface area contributed by atoms with Gasteiger partial charge in [0, 0.05) is 35.1 Å². The summed E-state index contributed by atoms with van der Waals surface area (Å²) < 4.78 is 11.2. The van der Waals surface area contributed by atoms with Crippen LogP contribution in [0, 0.1) is 0 Å². The van der Waals surface area contributed by atoms with Gasteiger partial charge in [-0.2, -0.15) is 0 Å². The molecule has 2 aromatic carbocycles. The van der Waals surface area contributed by atoms with E-state index in [4.69, 9.17) is 15.2 Å². The molecule has 11 nitrogen and oxygen atoms in total. The Morgan fingerprint density at radius 3 is 2.47 bits per heavy atom. The summed E-state index contributed by atoms with van der Waals surface area (Å²) in [4.78, 5) is 39.9. The van der Waals surface area contributed by atoms with Crippen LogP contribution < -0.4 is 10.5 Å². The molecule has 0 aromatic heterocycles. The van der Waals surface area contributed by atoms with E-state index in [0.717, 1.165) is 0 Å². The molecule has 11 heteroatoms. The van der Waals surface area contributed by atoms with E-state index in [1.54, 1.807) is 6.92 Å². The van der Waals surface area contributed by atoms with E-state index in [2.05, 4.69) is 0 Å². The van der Waals surface area contributed by atoms with Crippen LogP contribution in [0.5, 0.6) is 17.2 Å². The highest BCUT2D eigenvalue weighted by Gasteiger charge is 2.51. The summed E-state index contributed by atoms with van der Waals surface area (Å²) in [6.07, 6.45) is -3.34. The first-order chi connectivity index (χ1) is 17.9. The average Bonchev–Trinajstić information content (AvgIpc) is 2.90. The number of aliphatic hydroxyl groups excluding tert-OH is 2. The van der Waals surface area contributed by atoms with Gasteiger partial charge in [-0.1, -0.05) is 12.1 Å². The number of ether oxygens (including phenoxy) is 2. The van der Waals surface area contributed by atoms with E-state index < -0.39 is 88.9 Å². The van der Waals surface area contributed by atoms with Crippen LogP contribution in [0.15, 0.2) is 18.2 Å². The Morgan fingerprint density at radius 1 is 1.16 bits per heavy atom. The van der Waals surface area contributed by atoms with Crippen molar-refractivity contribution in [2.24, 2.45) is 5.73 Å². The van der Waals surface area contributed by atoms with Crippen LogP contribution in [-0.4, -0.2) is 86.6 Å². The smallest absolute Gasteiger partial charge is 0.202 e. The fourth-order valence-electron chi connectivity index (χ4n) is 6.13. The molecule has 1 aliphatic heterocycles. The Kier molecular flexibility index (Phi) is 6.32. The summed E-state index contributed by atoms with van der Waals surface area (Å²) >= 11 is 0. The van der Waals surface area contributed by atoms with Crippen LogP contribution >= 0.6 is 0 Å². The minimum atomic E-state index is -2.17. The zero-order chi connectivity index (χ0) is 27.7. The fourth-order valence-corrected chi connectivity index (χ4v) is 6.13. The van der Waals surface area contributed by atoms with E-state index in [0.29, 0.717) is 0 Å². The van der Waals surface area contributed by atoms with E-state index >= 15 is 0 Å². The third-order valence-electron chi connectivity index (χ3n) is 8.08. The first-order valence-electron chi connectivity index (χ1n) is 12.3. The maximum atomic E-state index is 13.7. The van der Waals surface area contributed by atoms with Gasteiger partial charge in [0.1, 0.15) is 29.5 Å². The molecule has 1 heterocycles. The molecule has 4 unspecified atom stereocenters. The summed E-state index contributed by atoms with van der Waals surface area (Å²) in [5, 5.41) is 54.1. The Balaban J connectivity index is 1.76. The van der Waals surface area contributed by atoms with E-state index in [-0.39, 0.29) is 40.8 Å². The molecule has 202 valence electrons. The van der Waals surface area contributed by atoms with Crippen LogP contribution in [0.2, 0.25) is 0 Å². The second-order valence-corrected chi connectivity index (χ2v) is 10.3. The summed E-state index contributed by atoms with van der Waals surface area (Å²) in [5.74, 6) is -4.50. The molecule has 38 heavy (non-hydrogen) atoms. The van der Waals surface area contributed by atoms with Crippen LogP contribution in [0.3, 0.4) is 0 Å². The SMILES string of the molecule is COc1cccc2c1C(=O)c1c(O)c3c(c(O)c1C2=O)C[C@@](O)(C(=O)CO)C[C@@H]3C1CC(N)C(O)C(C)O1. The number of aromatic hydroxyl groups is 2. The number of aliphatic hydroxyl groups is 3. The van der Waals surface area contributed by atoms with Gasteiger partial charge in [-0.05, 0) is 25.8 Å². The van der Waals surface area contributed by atoms with Crippen LogP contribution in [0.4, 0.5) is 0 Å². The van der Waals surface area contributed by atoms with Gasteiger partial charge >= 0.3 is 0 Å². The lowest BCUT2D eigenvalue weighted by Gasteiger charge is -2.45. The number of fused-ring (bicyclic) bond motifs is 3. The van der Waals surface area contributed by atoms with Gasteiger partial charge in [-0.25, -0.2) is 0 Å². The third kappa shape index (κ3) is 3.65. The van der Waals surface area contributed by atoms with Crippen molar-refractivity contribution < 1.29 is 49.4 Å². The molecule has 1 fully saturated rings. The summed E-state index contributed by atoms with van der Waals surface area (Å²) in [6, 6.07) is 3.67. The molecule has 2 aromatic rings. The first-order valence-corrected chi connectivity index (χ1v) is 12.3. The van der Waals surface area contributed by atoms with Crippen molar-refractivity contribution in [2.75, 3.05) is 13.7 Å². The highest BCUT2D eigenvalue weighted by molar-refractivity contribution is 6.31. The number of ketones is 3. The van der Waals surface area contributed by atoms with Crippen molar-refractivity contribution in [3.05, 3.63) is 51.6 Å². The van der Waals surface area contributed by atoms with Crippen LogP contribution in [0.25, 0.3) is 0 Å². The van der Waals surface area contributed by atoms with Gasteiger partial charge in [-0.3, -0.25) is 14.4 Å². The normalized spacial score (nSPS) is 30.3. The first kappa shape index (κ1) is 26.3. The second-order valence-electron chi connectivity index (χ2n) is 10.3. The Bertz CT molecular complexity index is 1360. The minimum absolute atomic E-state index is 0.0324. The van der Waals surface area contributed by atoms with Crippen molar-refractivity contribution in [2.45, 2.75) is 62.1 Å². The van der Waals surface area contributed by atoms with Gasteiger partial charge in [-0.15, -0.1) is 0 Å². The van der Waals surface area contributed by atoms with Gasteiger partial charge in [0.2, 0.25) is 5.78 Å². The number of rotatable bonds is 4. The zero-order valence-corrected chi connectivity index (χ0v) is 20.8. The van der Waals surface area contributed by atoms with Gasteiger partial charge < -0.3 is 40.7 Å². The molecule has 3 aliphatic rings. The lowest BCUT2D eigenvalue weighted by molar-refractivity contribution is -0.150. The monoisotopic (exact) mass is 527 g/mol. The van der Waals surface area contributed by atoms with Crippen molar-refractivity contribution in [3.63, 3.8) is 0 Å². The molecule has 6 atom stereocenters. The van der Waals surface area contributed by atoms with Crippen molar-refractivity contribution >= 4 is 17.3 Å². The number of hydrogen-bond acceptors (Lipinski definition) is 11. The number of carbonyl (C=O) groups excluding carboxylic acids is 3. The third-order valence-corrected chi connectivity index (χ3v) is 8.08. The Hall–Kier alpha value is -3.35. The molecule has 0 saturated carbocycles. The fraction of sp³-hybridized carbons (Fsp3) is 0.444. The predicted octanol–water partition coefficient (Wildman–Crippen LogP) is 0.0697. The number of carbonyl (C=O) groups is 3. The molecule has 1 saturated heterocycles. The molecular weight excluding hydrogens is 498 g/mol. The molecule has 0 bridgehead atoms. The number of phenols is 2. The zero-order valence-electron chi connectivity index (χ0n) is 20.8. The molecule has 0 spiro atoms. The van der Waals surface area contributed by atoms with E-state index in [1.807, 2.05) is 0 Å². The largest absolute Gasteiger partial charge is 0.507 e. The standard InChI is InChI=1S/C27H29NO10/c1-10-22(31)14(28)6-16(38-10)12-7-27(36,17(30)9-29)8-13-18(12)25(34)21-20(24(13)33)23(32)11-4-3-5-15(37-2)19(11)26(21)35/h3-5,10,12,14,16,22,29,31,33-34,36H,6-9,28H2,1-2H3/t10?,12-,14?,16?,22?,27-/m1/s1. The highest BCUT2D eigenvalue weighted by Crippen LogP contribution is 2.53. The molecule has 7 N–H and O–H groups in total. The Labute approximate surface area is 217 Å². The number of phenolic OH excluding ortho intramolecular Hbond substituents is 2. The molecule has 2 aliphatic carbocycles. The van der Waals surface area contributed by atoms with Crippen LogP contribution in [0.1, 0.15) is 68.7 Å². The number of Topliss-reactive ketones (excluding diaryl/α,β-unsaturated/α-hetero) is 1. The quantitative estimate of drug-likeness (QED) is 0.251. The maximum Gasteiger partial charge on any atom is 0.202 e. The topological polar surface area (TPSA) is 197 Å². The minimum Gasteiger partial charge on any atom is -0.507 e. The molecule has 0 amide bonds. The van der Waals surface area contributed by atoms with Gasteiger partial charge in [0.25, 0.3) is 0 Å². The summed E-state index contributed by atoms with van der Waals surface area (Å²) in [5.41, 5.74) is 2.93. The lowest BCUT2D eigenvalue weighted by Crippen LogP contribution is -2.55. The van der Waals surface area contributed by atoms with Gasteiger partial charge in [0.15, 0.2) is 11.6 Å². The molecular formula is C27H29NO10. The average molecular weight is 528 g/mol. The van der Waals surface area contributed by atoms with E-state index in [1.165, 1.54) is 25.3 Å². The maximum absolute atomic E-state index is 13.7. The van der Waals surface area contributed by atoms with Crippen LogP contribution in [-0.2, 0) is 16.0 Å². The predicted molar refractivity (Wildman–Crippen MR) is 131 cm³/mol. The number of hydrogen-bond donors (Lipinski definition) is 6. The summed E-state index contributed by atoms with van der Waals surface area (Å²) in [6.45, 7) is 0.613. The molecule has 0 radical (unpaired) electrons. The Morgan fingerprint density at radius 2 is 1.84 bits per heavy atom. The highest BCUT2D eigenvalue weighted by atomic mass is 16.5. The number of benzene rings is 2. The van der Waals surface area contributed by atoms with Crippen molar-refractivity contribution in [3.8, 4) is 17.2 Å². The van der Waals surface area contributed by atoms with Crippen molar-refractivity contribution in [1.29, 1.82) is 0 Å². The second kappa shape index (κ2) is 9.14. The van der Waals surface area contributed by atoms with E-state index in [9.17, 15) is 39.9 Å². The van der Waals surface area contributed by atoms with Crippen molar-refractivity contribution in [1.82, 2.24) is 0 Å². The lowest BCUT2D eigenvalue weighted by atomic mass is 9.66. The number of nitrogens with two attached hydrogens (primary N) is 1. The number of methoxy groups -OCH3 is 1. The summed E-state index contributed by atoms with van der Waals surface area (Å²) in [7, 11) is 1.33. The molecule has 5 rings (SSSR count). The van der Waals surface area contributed by atoms with Gasteiger partial charge in [0.05, 0.1) is 42.1 Å².